The quantitative estimate of drug-likeness (QED) is 0.698. The Morgan fingerprint density at radius 2 is 1.71 bits per heavy atom. The molecule has 0 amide bonds. The first-order chi connectivity index (χ1) is 9.00. The number of phenolic OH excluding ortho intramolecular Hbond substituents is 1. The molecule has 1 heterocycles. The zero-order chi connectivity index (χ0) is 14.0. The largest absolute Gasteiger partial charge is 0.506 e. The predicted octanol–water partition coefficient (Wildman–Crippen LogP) is 3.97. The predicted molar refractivity (Wildman–Crippen MR) is 91.2 cm³/mol. The summed E-state index contributed by atoms with van der Waals surface area (Å²) in [4.78, 5) is 1.70. The second kappa shape index (κ2) is 9.47. The highest BCUT2D eigenvalue weighted by Gasteiger charge is 2.32. The fourth-order valence-corrected chi connectivity index (χ4v) is 3.52. The number of benzene rings is 1. The number of hydrogen-bond acceptors (Lipinski definition) is 3. The summed E-state index contributed by atoms with van der Waals surface area (Å²) in [6, 6.07) is 2.11. The van der Waals surface area contributed by atoms with Crippen molar-refractivity contribution in [1.29, 1.82) is 0 Å². The van der Waals surface area contributed by atoms with Crippen LogP contribution in [0.4, 0.5) is 8.78 Å². The molecule has 1 atom stereocenters. The third-order valence-electron chi connectivity index (χ3n) is 3.16. The number of hydrogen-bond donors (Lipinski definition) is 2. The molecule has 0 radical (unpaired) electrons. The SMILES string of the molecule is Cl.Cl.Oc1c(Br)cc(Br)cc1[C@@H](C(F)F)N1CCNCC1. The minimum absolute atomic E-state index is 0. The molecule has 1 aromatic rings. The molecule has 1 saturated heterocycles. The Bertz CT molecular complexity index is 463. The van der Waals surface area contributed by atoms with Gasteiger partial charge in [0.2, 0.25) is 0 Å². The minimum Gasteiger partial charge on any atom is -0.506 e. The van der Waals surface area contributed by atoms with Crippen LogP contribution in [0.15, 0.2) is 21.1 Å². The van der Waals surface area contributed by atoms with Crippen molar-refractivity contribution in [3.05, 3.63) is 26.6 Å². The van der Waals surface area contributed by atoms with Crippen molar-refractivity contribution in [3.63, 3.8) is 0 Å². The first-order valence-corrected chi connectivity index (χ1v) is 7.50. The molecule has 0 aromatic heterocycles. The Balaban J connectivity index is 0.00000200. The average molecular weight is 473 g/mol. The Morgan fingerprint density at radius 1 is 1.14 bits per heavy atom. The highest BCUT2D eigenvalue weighted by molar-refractivity contribution is 9.11. The normalized spacial score (nSPS) is 17.0. The van der Waals surface area contributed by atoms with Crippen LogP contribution in [0.5, 0.6) is 5.75 Å². The number of aromatic hydroxyl groups is 1. The number of halogens is 6. The zero-order valence-corrected chi connectivity index (χ0v) is 15.7. The summed E-state index contributed by atoms with van der Waals surface area (Å²) in [5.41, 5.74) is 0.248. The number of rotatable bonds is 3. The molecule has 2 N–H and O–H groups in total. The third kappa shape index (κ3) is 5.18. The van der Waals surface area contributed by atoms with Gasteiger partial charge in [0.15, 0.2) is 0 Å². The van der Waals surface area contributed by atoms with E-state index < -0.39 is 12.5 Å². The summed E-state index contributed by atoms with van der Waals surface area (Å²) in [6.45, 7) is 2.44. The maximum Gasteiger partial charge on any atom is 0.258 e. The Kier molecular flexibility index (Phi) is 9.63. The van der Waals surface area contributed by atoms with Gasteiger partial charge in [0, 0.05) is 36.2 Å². The van der Waals surface area contributed by atoms with E-state index in [0.29, 0.717) is 35.1 Å². The summed E-state index contributed by atoms with van der Waals surface area (Å²) in [5.74, 6) is -0.118. The van der Waals surface area contributed by atoms with E-state index in [0.717, 1.165) is 0 Å². The van der Waals surface area contributed by atoms with E-state index in [1.165, 1.54) is 0 Å². The van der Waals surface area contributed by atoms with Crippen molar-refractivity contribution >= 4 is 56.7 Å². The van der Waals surface area contributed by atoms with E-state index in [4.69, 9.17) is 0 Å². The first kappa shape index (κ1) is 21.3. The van der Waals surface area contributed by atoms with Crippen molar-refractivity contribution < 1.29 is 13.9 Å². The molecular formula is C12H16Br2Cl2F2N2O. The topological polar surface area (TPSA) is 35.5 Å². The molecule has 0 spiro atoms. The molecule has 0 bridgehead atoms. The van der Waals surface area contributed by atoms with Crippen molar-refractivity contribution in [2.45, 2.75) is 12.5 Å². The van der Waals surface area contributed by atoms with Crippen LogP contribution >= 0.6 is 56.7 Å². The minimum atomic E-state index is -2.55. The molecule has 3 nitrogen and oxygen atoms in total. The van der Waals surface area contributed by atoms with E-state index in [1.54, 1.807) is 17.0 Å². The third-order valence-corrected chi connectivity index (χ3v) is 4.22. The van der Waals surface area contributed by atoms with Crippen LogP contribution in [-0.4, -0.2) is 42.6 Å². The van der Waals surface area contributed by atoms with Gasteiger partial charge in [0.25, 0.3) is 6.43 Å². The van der Waals surface area contributed by atoms with Crippen molar-refractivity contribution in [2.24, 2.45) is 0 Å². The van der Waals surface area contributed by atoms with Gasteiger partial charge in [-0.3, -0.25) is 4.90 Å². The molecule has 9 heteroatoms. The Labute approximate surface area is 151 Å². The molecule has 0 saturated carbocycles. The van der Waals surface area contributed by atoms with Gasteiger partial charge >= 0.3 is 0 Å². The van der Waals surface area contributed by atoms with Crippen molar-refractivity contribution in [2.75, 3.05) is 26.2 Å². The fourth-order valence-electron chi connectivity index (χ4n) is 2.26. The van der Waals surface area contributed by atoms with Gasteiger partial charge in [-0.15, -0.1) is 24.8 Å². The summed E-state index contributed by atoms with van der Waals surface area (Å²) in [6.07, 6.45) is -2.55. The van der Waals surface area contributed by atoms with Crippen LogP contribution in [-0.2, 0) is 0 Å². The van der Waals surface area contributed by atoms with Crippen LogP contribution in [0.2, 0.25) is 0 Å². The highest BCUT2D eigenvalue weighted by Crippen LogP contribution is 2.39. The summed E-state index contributed by atoms with van der Waals surface area (Å²) in [7, 11) is 0. The summed E-state index contributed by atoms with van der Waals surface area (Å²) >= 11 is 6.45. The molecule has 122 valence electrons. The molecule has 1 aromatic carbocycles. The van der Waals surface area contributed by atoms with Crippen LogP contribution in [0, 0.1) is 0 Å². The lowest BCUT2D eigenvalue weighted by Crippen LogP contribution is -2.46. The van der Waals surface area contributed by atoms with E-state index in [1.807, 2.05) is 0 Å². The first-order valence-electron chi connectivity index (χ1n) is 5.91. The lowest BCUT2D eigenvalue weighted by Gasteiger charge is -2.35. The highest BCUT2D eigenvalue weighted by atomic mass is 79.9. The standard InChI is InChI=1S/C12H14Br2F2N2O.2ClH/c13-7-5-8(11(19)9(14)6-7)10(12(15)16)18-3-1-17-2-4-18;;/h5-6,10,12,17,19H,1-4H2;2*1H/t10-;;/m0../s1. The number of piperazine rings is 1. The smallest absolute Gasteiger partial charge is 0.258 e. The average Bonchev–Trinajstić information content (AvgIpc) is 2.36. The lowest BCUT2D eigenvalue weighted by atomic mass is 10.0. The summed E-state index contributed by atoms with van der Waals surface area (Å²) < 4.78 is 27.9. The van der Waals surface area contributed by atoms with Crippen molar-refractivity contribution in [3.8, 4) is 5.75 Å². The molecule has 0 aliphatic carbocycles. The summed E-state index contributed by atoms with van der Waals surface area (Å²) in [5, 5.41) is 13.2. The van der Waals surface area contributed by atoms with Gasteiger partial charge in [-0.05, 0) is 28.1 Å². The van der Waals surface area contributed by atoms with E-state index in [2.05, 4.69) is 37.2 Å². The van der Waals surface area contributed by atoms with Crippen LogP contribution in [0.3, 0.4) is 0 Å². The van der Waals surface area contributed by atoms with Gasteiger partial charge in [0.05, 0.1) is 4.47 Å². The molecule has 21 heavy (non-hydrogen) atoms. The van der Waals surface area contributed by atoms with Gasteiger partial charge < -0.3 is 10.4 Å². The van der Waals surface area contributed by atoms with Gasteiger partial charge in [-0.1, -0.05) is 15.9 Å². The van der Waals surface area contributed by atoms with Crippen LogP contribution in [0.25, 0.3) is 0 Å². The maximum atomic E-state index is 13.4. The van der Waals surface area contributed by atoms with E-state index >= 15 is 0 Å². The second-order valence-corrected chi connectivity index (χ2v) is 6.16. The lowest BCUT2D eigenvalue weighted by molar-refractivity contribution is 0.0169. The number of phenols is 1. The van der Waals surface area contributed by atoms with Crippen molar-refractivity contribution in [1.82, 2.24) is 10.2 Å². The number of alkyl halides is 2. The van der Waals surface area contributed by atoms with Gasteiger partial charge in [-0.2, -0.15) is 0 Å². The van der Waals surface area contributed by atoms with Gasteiger partial charge in [0.1, 0.15) is 11.8 Å². The molecule has 1 aliphatic heterocycles. The van der Waals surface area contributed by atoms with Crippen LogP contribution < -0.4 is 5.32 Å². The number of nitrogens with zero attached hydrogens (tertiary/aromatic N) is 1. The fraction of sp³-hybridized carbons (Fsp3) is 0.500. The Hall–Kier alpha value is 0.340. The van der Waals surface area contributed by atoms with Gasteiger partial charge in [-0.25, -0.2) is 8.78 Å². The second-order valence-electron chi connectivity index (χ2n) is 4.39. The molecular weight excluding hydrogens is 457 g/mol. The molecule has 1 aliphatic rings. The van der Waals surface area contributed by atoms with E-state index in [-0.39, 0.29) is 36.1 Å². The molecule has 1 fully saturated rings. The Morgan fingerprint density at radius 3 is 2.24 bits per heavy atom. The maximum absolute atomic E-state index is 13.4. The van der Waals surface area contributed by atoms with E-state index in [9.17, 15) is 13.9 Å². The zero-order valence-electron chi connectivity index (χ0n) is 10.9. The van der Waals surface area contributed by atoms with Crippen LogP contribution in [0.1, 0.15) is 11.6 Å². The molecule has 0 unspecified atom stereocenters. The monoisotopic (exact) mass is 470 g/mol. The molecule has 2 rings (SSSR count). The number of nitrogens with one attached hydrogen (secondary N) is 1.